The molecule has 0 spiro atoms. The van der Waals surface area contributed by atoms with Crippen molar-refractivity contribution in [3.8, 4) is 0 Å². The van der Waals surface area contributed by atoms with E-state index in [4.69, 9.17) is 11.6 Å². The molecule has 0 bridgehead atoms. The predicted octanol–water partition coefficient (Wildman–Crippen LogP) is 4.95. The van der Waals surface area contributed by atoms with E-state index >= 15 is 0 Å². The maximum atomic E-state index is 13.4. The van der Waals surface area contributed by atoms with Gasteiger partial charge in [-0.1, -0.05) is 24.6 Å². The topological polar surface area (TPSA) is 12.0 Å². The summed E-state index contributed by atoms with van der Waals surface area (Å²) in [6, 6.07) is 9.35. The van der Waals surface area contributed by atoms with Crippen LogP contribution in [0, 0.1) is 5.82 Å². The first-order valence-electron chi connectivity index (χ1n) is 6.36. The standard InChI is InChI=1S/C15H17ClFNS/c1-3-12-5-6-13(19-12)9-18-10(2)11-4-7-14(16)15(17)8-11/h4-8,10,18H,3,9H2,1-2H3. The molecule has 0 aliphatic carbocycles. The molecule has 1 unspecified atom stereocenters. The van der Waals surface area contributed by atoms with Gasteiger partial charge in [-0.2, -0.15) is 0 Å². The Morgan fingerprint density at radius 2 is 2.00 bits per heavy atom. The lowest BCUT2D eigenvalue weighted by Gasteiger charge is -2.14. The van der Waals surface area contributed by atoms with Gasteiger partial charge in [-0.15, -0.1) is 11.3 Å². The quantitative estimate of drug-likeness (QED) is 0.823. The van der Waals surface area contributed by atoms with Gasteiger partial charge in [-0.05, 0) is 43.2 Å². The second kappa shape index (κ2) is 6.51. The molecule has 1 atom stereocenters. The number of aryl methyl sites for hydroxylation is 1. The summed E-state index contributed by atoms with van der Waals surface area (Å²) in [5.74, 6) is -0.364. The molecule has 1 aromatic heterocycles. The molecule has 102 valence electrons. The van der Waals surface area contributed by atoms with Crippen molar-refractivity contribution in [1.29, 1.82) is 0 Å². The molecule has 0 saturated carbocycles. The lowest BCUT2D eigenvalue weighted by molar-refractivity contribution is 0.568. The Bertz CT molecular complexity index is 553. The maximum absolute atomic E-state index is 13.4. The molecule has 0 radical (unpaired) electrons. The van der Waals surface area contributed by atoms with E-state index in [0.29, 0.717) is 0 Å². The van der Waals surface area contributed by atoms with Gasteiger partial charge in [0.25, 0.3) is 0 Å². The van der Waals surface area contributed by atoms with Crippen LogP contribution in [0.25, 0.3) is 0 Å². The van der Waals surface area contributed by atoms with E-state index in [1.165, 1.54) is 15.8 Å². The van der Waals surface area contributed by atoms with E-state index < -0.39 is 0 Å². The summed E-state index contributed by atoms with van der Waals surface area (Å²) in [6.07, 6.45) is 1.07. The third-order valence-corrected chi connectivity index (χ3v) is 4.63. The van der Waals surface area contributed by atoms with Crippen molar-refractivity contribution >= 4 is 22.9 Å². The Kier molecular flexibility index (Phi) is 4.97. The highest BCUT2D eigenvalue weighted by Crippen LogP contribution is 2.21. The number of benzene rings is 1. The molecule has 1 aromatic carbocycles. The summed E-state index contributed by atoms with van der Waals surface area (Å²) in [4.78, 5) is 2.69. The molecule has 0 amide bonds. The van der Waals surface area contributed by atoms with Crippen molar-refractivity contribution in [1.82, 2.24) is 5.32 Å². The monoisotopic (exact) mass is 297 g/mol. The molecule has 0 aliphatic rings. The van der Waals surface area contributed by atoms with Crippen molar-refractivity contribution in [3.05, 3.63) is 56.5 Å². The number of rotatable bonds is 5. The van der Waals surface area contributed by atoms with Crippen molar-refractivity contribution in [3.63, 3.8) is 0 Å². The lowest BCUT2D eigenvalue weighted by Crippen LogP contribution is -2.17. The average Bonchev–Trinajstić information content (AvgIpc) is 2.87. The zero-order chi connectivity index (χ0) is 13.8. The summed E-state index contributed by atoms with van der Waals surface area (Å²) < 4.78 is 13.4. The largest absolute Gasteiger partial charge is 0.305 e. The van der Waals surface area contributed by atoms with Crippen LogP contribution in [0.5, 0.6) is 0 Å². The molecule has 0 saturated heterocycles. The maximum Gasteiger partial charge on any atom is 0.142 e. The third-order valence-electron chi connectivity index (χ3n) is 3.09. The summed E-state index contributed by atoms with van der Waals surface area (Å²) in [5.41, 5.74) is 0.911. The molecule has 2 aromatic rings. The SMILES string of the molecule is CCc1ccc(CNC(C)c2ccc(Cl)c(F)c2)s1. The van der Waals surface area contributed by atoms with Crippen LogP contribution in [-0.4, -0.2) is 0 Å². The molecule has 2 rings (SSSR count). The van der Waals surface area contributed by atoms with Crippen LogP contribution in [0.1, 0.15) is 35.2 Å². The minimum atomic E-state index is -0.364. The molecule has 4 heteroatoms. The first-order valence-corrected chi connectivity index (χ1v) is 7.55. The van der Waals surface area contributed by atoms with Crippen LogP contribution >= 0.6 is 22.9 Å². The summed E-state index contributed by atoms with van der Waals surface area (Å²) in [7, 11) is 0. The van der Waals surface area contributed by atoms with Gasteiger partial charge in [0.15, 0.2) is 0 Å². The van der Waals surface area contributed by atoms with Gasteiger partial charge < -0.3 is 5.32 Å². The van der Waals surface area contributed by atoms with Crippen LogP contribution in [0.3, 0.4) is 0 Å². The fraction of sp³-hybridized carbons (Fsp3) is 0.333. The van der Waals surface area contributed by atoms with Crippen LogP contribution in [0.4, 0.5) is 4.39 Å². The van der Waals surface area contributed by atoms with E-state index in [2.05, 4.69) is 24.4 Å². The minimum Gasteiger partial charge on any atom is -0.305 e. The average molecular weight is 298 g/mol. The smallest absolute Gasteiger partial charge is 0.142 e. The summed E-state index contributed by atoms with van der Waals surface area (Å²) in [6.45, 7) is 4.98. The highest BCUT2D eigenvalue weighted by molar-refractivity contribution is 7.11. The van der Waals surface area contributed by atoms with E-state index in [9.17, 15) is 4.39 Å². The summed E-state index contributed by atoms with van der Waals surface area (Å²) in [5, 5.41) is 3.57. The Balaban J connectivity index is 1.96. The van der Waals surface area contributed by atoms with E-state index in [-0.39, 0.29) is 16.9 Å². The highest BCUT2D eigenvalue weighted by atomic mass is 35.5. The van der Waals surface area contributed by atoms with Crippen LogP contribution in [0.2, 0.25) is 5.02 Å². The molecule has 1 nitrogen and oxygen atoms in total. The van der Waals surface area contributed by atoms with Crippen LogP contribution in [-0.2, 0) is 13.0 Å². The summed E-state index contributed by atoms with van der Waals surface area (Å²) >= 11 is 7.50. The van der Waals surface area contributed by atoms with E-state index in [1.54, 1.807) is 6.07 Å². The van der Waals surface area contributed by atoms with E-state index in [0.717, 1.165) is 18.5 Å². The van der Waals surface area contributed by atoms with Gasteiger partial charge in [0.1, 0.15) is 5.82 Å². The van der Waals surface area contributed by atoms with Gasteiger partial charge in [-0.25, -0.2) is 4.39 Å². The minimum absolute atomic E-state index is 0.0962. The van der Waals surface area contributed by atoms with E-state index in [1.807, 2.05) is 24.3 Å². The molecular weight excluding hydrogens is 281 g/mol. The van der Waals surface area contributed by atoms with Gasteiger partial charge in [0, 0.05) is 22.3 Å². The lowest BCUT2D eigenvalue weighted by atomic mass is 10.1. The third kappa shape index (κ3) is 3.78. The Morgan fingerprint density at radius 1 is 1.26 bits per heavy atom. The Hall–Kier alpha value is -0.900. The van der Waals surface area contributed by atoms with Crippen molar-refractivity contribution in [2.45, 2.75) is 32.9 Å². The predicted molar refractivity (Wildman–Crippen MR) is 80.4 cm³/mol. The zero-order valence-corrected chi connectivity index (χ0v) is 12.6. The molecule has 1 N–H and O–H groups in total. The second-order valence-electron chi connectivity index (χ2n) is 4.50. The number of thiophene rings is 1. The normalized spacial score (nSPS) is 12.6. The number of hydrogen-bond acceptors (Lipinski definition) is 2. The Labute approximate surface area is 122 Å². The fourth-order valence-corrected chi connectivity index (χ4v) is 2.89. The second-order valence-corrected chi connectivity index (χ2v) is 6.16. The highest BCUT2D eigenvalue weighted by Gasteiger charge is 2.08. The number of halogens is 2. The van der Waals surface area contributed by atoms with Gasteiger partial charge >= 0.3 is 0 Å². The van der Waals surface area contributed by atoms with Crippen molar-refractivity contribution in [2.24, 2.45) is 0 Å². The molecule has 1 heterocycles. The first-order chi connectivity index (χ1) is 9.10. The van der Waals surface area contributed by atoms with Gasteiger partial charge in [0.2, 0.25) is 0 Å². The Morgan fingerprint density at radius 3 is 2.63 bits per heavy atom. The first kappa shape index (κ1) is 14.5. The van der Waals surface area contributed by atoms with Gasteiger partial charge in [-0.3, -0.25) is 0 Å². The molecule has 0 fully saturated rings. The number of hydrogen-bond donors (Lipinski definition) is 1. The van der Waals surface area contributed by atoms with Crippen molar-refractivity contribution < 1.29 is 4.39 Å². The molecule has 0 aliphatic heterocycles. The molecule has 19 heavy (non-hydrogen) atoms. The molecular formula is C15H17ClFNS. The number of nitrogens with one attached hydrogen (secondary N) is 1. The van der Waals surface area contributed by atoms with Crippen LogP contribution < -0.4 is 5.32 Å². The zero-order valence-electron chi connectivity index (χ0n) is 11.0. The van der Waals surface area contributed by atoms with Gasteiger partial charge in [0.05, 0.1) is 5.02 Å². The van der Waals surface area contributed by atoms with Crippen LogP contribution in [0.15, 0.2) is 30.3 Å². The van der Waals surface area contributed by atoms with Crippen molar-refractivity contribution in [2.75, 3.05) is 0 Å². The fourth-order valence-electron chi connectivity index (χ4n) is 1.86.